The molecule has 1 atom stereocenters. The highest BCUT2D eigenvalue weighted by molar-refractivity contribution is 6.33. The molecule has 1 aromatic heterocycles. The number of anilines is 1. The van der Waals surface area contributed by atoms with Gasteiger partial charge in [0.05, 0.1) is 27.7 Å². The van der Waals surface area contributed by atoms with E-state index < -0.39 is 5.92 Å². The van der Waals surface area contributed by atoms with Crippen molar-refractivity contribution in [1.82, 2.24) is 24.3 Å². The lowest BCUT2D eigenvalue weighted by Crippen LogP contribution is -2.50. The van der Waals surface area contributed by atoms with Gasteiger partial charge in [0.1, 0.15) is 0 Å². The first kappa shape index (κ1) is 30.7. The van der Waals surface area contributed by atoms with Gasteiger partial charge in [-0.05, 0) is 94.3 Å². The molecular weight excluding hydrogens is 576 g/mol. The fourth-order valence-corrected chi connectivity index (χ4v) is 7.91. The van der Waals surface area contributed by atoms with Crippen LogP contribution >= 0.6 is 11.6 Å². The first-order chi connectivity index (χ1) is 21.3. The minimum absolute atomic E-state index is 0.00506. The zero-order valence-corrected chi connectivity index (χ0v) is 26.5. The van der Waals surface area contributed by atoms with Crippen molar-refractivity contribution < 1.29 is 9.59 Å². The highest BCUT2D eigenvalue weighted by Gasteiger charge is 2.34. The van der Waals surface area contributed by atoms with E-state index in [1.807, 2.05) is 57.7 Å². The molecule has 0 radical (unpaired) electrons. The van der Waals surface area contributed by atoms with Crippen LogP contribution in [0.1, 0.15) is 68.5 Å². The van der Waals surface area contributed by atoms with Crippen LogP contribution in [-0.2, 0) is 16.0 Å². The van der Waals surface area contributed by atoms with E-state index in [4.69, 9.17) is 17.3 Å². The highest BCUT2D eigenvalue weighted by Crippen LogP contribution is 2.30. The van der Waals surface area contributed by atoms with Gasteiger partial charge in [-0.25, -0.2) is 4.79 Å². The van der Waals surface area contributed by atoms with Crippen LogP contribution in [0.25, 0.3) is 11.0 Å². The largest absolute Gasteiger partial charge is 0.397 e. The number of carbonyl (C=O) groups is 2. The van der Waals surface area contributed by atoms with Crippen LogP contribution in [0.4, 0.5) is 5.69 Å². The standard InChI is InChI=1S/C34H45ClN6O3/c1-23-19-24(21-28(35)32(23)36)20-25(33(43)40-17-9-26(10-18-40)38-13-5-2-6-14-38)22-31(42)39-15-11-27(12-16-39)41-30-8-4-3-7-29(30)37-34(41)44/h3-4,7-8,19,21,25-27H,2,5-6,9-18,20,22,36H2,1H3,(H,37,44)/t25-/m0/s1. The predicted molar refractivity (Wildman–Crippen MR) is 175 cm³/mol. The maximum Gasteiger partial charge on any atom is 0.326 e. The smallest absolute Gasteiger partial charge is 0.326 e. The van der Waals surface area contributed by atoms with Crippen molar-refractivity contribution in [3.8, 4) is 0 Å². The summed E-state index contributed by atoms with van der Waals surface area (Å²) in [5.41, 5.74) is 10.1. The number of carbonyl (C=O) groups excluding carboxylic acids is 2. The van der Waals surface area contributed by atoms with Crippen LogP contribution in [0.2, 0.25) is 5.02 Å². The molecule has 9 nitrogen and oxygen atoms in total. The molecule has 3 saturated heterocycles. The molecule has 3 aliphatic rings. The van der Waals surface area contributed by atoms with Crippen molar-refractivity contribution in [1.29, 1.82) is 0 Å². The summed E-state index contributed by atoms with van der Waals surface area (Å²) in [6.07, 6.45) is 7.82. The van der Waals surface area contributed by atoms with Gasteiger partial charge in [0.25, 0.3) is 0 Å². The molecule has 0 saturated carbocycles. The summed E-state index contributed by atoms with van der Waals surface area (Å²) in [7, 11) is 0. The number of aryl methyl sites for hydroxylation is 1. The third-order valence-electron chi connectivity index (χ3n) is 10.1. The molecule has 3 aliphatic heterocycles. The summed E-state index contributed by atoms with van der Waals surface area (Å²) >= 11 is 6.42. The number of imidazole rings is 1. The maximum absolute atomic E-state index is 14.1. The number of piperidine rings is 3. The summed E-state index contributed by atoms with van der Waals surface area (Å²) in [5, 5.41) is 0.481. The predicted octanol–water partition coefficient (Wildman–Crippen LogP) is 4.76. The fourth-order valence-electron chi connectivity index (χ4n) is 7.62. The van der Waals surface area contributed by atoms with Crippen molar-refractivity contribution in [2.75, 3.05) is 45.0 Å². The van der Waals surface area contributed by atoms with Crippen LogP contribution in [0.5, 0.6) is 0 Å². The third kappa shape index (κ3) is 6.54. The number of para-hydroxylation sites is 2. The highest BCUT2D eigenvalue weighted by atomic mass is 35.5. The second-order valence-corrected chi connectivity index (χ2v) is 13.4. The van der Waals surface area contributed by atoms with Gasteiger partial charge in [-0.15, -0.1) is 0 Å². The number of rotatable bonds is 7. The van der Waals surface area contributed by atoms with Crippen LogP contribution in [0.15, 0.2) is 41.2 Å². The number of likely N-dealkylation sites (tertiary alicyclic amines) is 3. The number of amides is 2. The summed E-state index contributed by atoms with van der Waals surface area (Å²) < 4.78 is 1.84. The normalized spacial score (nSPS) is 19.9. The molecule has 0 aliphatic carbocycles. The monoisotopic (exact) mass is 620 g/mol. The molecule has 10 heteroatoms. The zero-order valence-electron chi connectivity index (χ0n) is 25.8. The Morgan fingerprint density at radius 3 is 2.30 bits per heavy atom. The van der Waals surface area contributed by atoms with Crippen LogP contribution in [0, 0.1) is 12.8 Å². The van der Waals surface area contributed by atoms with Crippen LogP contribution < -0.4 is 11.4 Å². The number of fused-ring (bicyclic) bond motifs is 1. The molecule has 3 aromatic rings. The van der Waals surface area contributed by atoms with Gasteiger partial charge < -0.3 is 25.4 Å². The van der Waals surface area contributed by atoms with E-state index in [-0.39, 0.29) is 30.0 Å². The number of nitrogens with one attached hydrogen (secondary N) is 1. The second kappa shape index (κ2) is 13.4. The van der Waals surface area contributed by atoms with Gasteiger partial charge in [0.2, 0.25) is 11.8 Å². The third-order valence-corrected chi connectivity index (χ3v) is 10.5. The van der Waals surface area contributed by atoms with Crippen LogP contribution in [0.3, 0.4) is 0 Å². The molecule has 4 heterocycles. The number of benzene rings is 2. The van der Waals surface area contributed by atoms with E-state index in [9.17, 15) is 14.4 Å². The molecule has 0 spiro atoms. The molecule has 2 aromatic carbocycles. The fraction of sp³-hybridized carbons (Fsp3) is 0.559. The second-order valence-electron chi connectivity index (χ2n) is 13.0. The average Bonchev–Trinajstić information content (AvgIpc) is 3.39. The van der Waals surface area contributed by atoms with Gasteiger partial charge in [-0.3, -0.25) is 14.2 Å². The lowest BCUT2D eigenvalue weighted by Gasteiger charge is -2.41. The number of nitrogens with two attached hydrogens (primary N) is 1. The number of H-pyrrole nitrogens is 1. The van der Waals surface area contributed by atoms with E-state index in [1.54, 1.807) is 0 Å². The number of aromatic amines is 1. The van der Waals surface area contributed by atoms with Crippen molar-refractivity contribution in [2.24, 2.45) is 5.92 Å². The lowest BCUT2D eigenvalue weighted by molar-refractivity contribution is -0.143. The Kier molecular flexibility index (Phi) is 9.33. The first-order valence-electron chi connectivity index (χ1n) is 16.3. The van der Waals surface area contributed by atoms with Crippen molar-refractivity contribution in [2.45, 2.75) is 76.8 Å². The average molecular weight is 621 g/mol. The number of hydrogen-bond acceptors (Lipinski definition) is 5. The summed E-state index contributed by atoms with van der Waals surface area (Å²) in [5.74, 6) is -0.419. The van der Waals surface area contributed by atoms with Crippen molar-refractivity contribution in [3.05, 3.63) is 63.0 Å². The van der Waals surface area contributed by atoms with Crippen LogP contribution in [-0.4, -0.2) is 81.4 Å². The van der Waals surface area contributed by atoms with Crippen molar-refractivity contribution >= 4 is 40.1 Å². The van der Waals surface area contributed by atoms with E-state index in [0.29, 0.717) is 49.1 Å². The van der Waals surface area contributed by atoms with E-state index in [2.05, 4.69) is 9.88 Å². The van der Waals surface area contributed by atoms with E-state index in [0.717, 1.165) is 48.1 Å². The van der Waals surface area contributed by atoms with E-state index >= 15 is 0 Å². The maximum atomic E-state index is 14.1. The topological polar surface area (TPSA) is 108 Å². The minimum atomic E-state index is -0.470. The summed E-state index contributed by atoms with van der Waals surface area (Å²) in [4.78, 5) is 49.9. The molecule has 236 valence electrons. The van der Waals surface area contributed by atoms with E-state index in [1.165, 1.54) is 32.4 Å². The Balaban J connectivity index is 1.13. The Labute approximate surface area is 264 Å². The Hall–Kier alpha value is -3.30. The molecule has 6 rings (SSSR count). The minimum Gasteiger partial charge on any atom is -0.397 e. The molecule has 0 unspecified atom stereocenters. The Morgan fingerprint density at radius 1 is 0.932 bits per heavy atom. The Morgan fingerprint density at radius 2 is 1.59 bits per heavy atom. The summed E-state index contributed by atoms with van der Waals surface area (Å²) in [6, 6.07) is 12.1. The van der Waals surface area contributed by atoms with Gasteiger partial charge in [0.15, 0.2) is 0 Å². The number of aromatic nitrogens is 2. The number of halogens is 1. The number of nitrogens with zero attached hydrogens (tertiary/aromatic N) is 4. The number of hydrogen-bond donors (Lipinski definition) is 2. The van der Waals surface area contributed by atoms with Gasteiger partial charge >= 0.3 is 5.69 Å². The molecule has 44 heavy (non-hydrogen) atoms. The van der Waals surface area contributed by atoms with Gasteiger partial charge in [-0.2, -0.15) is 0 Å². The van der Waals surface area contributed by atoms with Gasteiger partial charge in [0, 0.05) is 44.7 Å². The summed E-state index contributed by atoms with van der Waals surface area (Å²) in [6.45, 7) is 6.83. The SMILES string of the molecule is Cc1cc(C[C@@H](CC(=O)N2CCC(n3c(=O)[nH]c4ccccc43)CC2)C(=O)N2CCC(N3CCCCC3)CC2)cc(Cl)c1N. The lowest BCUT2D eigenvalue weighted by atomic mass is 9.91. The molecule has 2 amide bonds. The van der Waals surface area contributed by atoms with Crippen molar-refractivity contribution in [3.63, 3.8) is 0 Å². The van der Waals surface area contributed by atoms with Gasteiger partial charge in [-0.1, -0.05) is 36.2 Å². The Bertz CT molecular complexity index is 1520. The first-order valence-corrected chi connectivity index (χ1v) is 16.7. The molecule has 3 fully saturated rings. The quantitative estimate of drug-likeness (QED) is 0.370. The number of nitrogen functional groups attached to an aromatic ring is 1. The molecule has 3 N–H and O–H groups in total. The zero-order chi connectivity index (χ0) is 30.8. The molecule has 0 bridgehead atoms. The molecular formula is C34H45ClN6O3.